The van der Waals surface area contributed by atoms with Crippen molar-refractivity contribution in [1.82, 2.24) is 10.2 Å². The van der Waals surface area contributed by atoms with Crippen molar-refractivity contribution in [2.45, 2.75) is 73.1 Å². The average Bonchev–Trinajstić information content (AvgIpc) is 2.71. The molecule has 0 bridgehead atoms. The van der Waals surface area contributed by atoms with Crippen molar-refractivity contribution in [3.8, 4) is 0 Å². The van der Waals surface area contributed by atoms with E-state index in [1.165, 1.54) is 0 Å². The molecule has 0 aliphatic carbocycles. The highest BCUT2D eigenvalue weighted by atomic mass is 16.3. The summed E-state index contributed by atoms with van der Waals surface area (Å²) in [5, 5.41) is 3.45. The molecular weight excluding hydrogens is 248 g/mol. The van der Waals surface area contributed by atoms with Gasteiger partial charge in [0.05, 0.1) is 13.1 Å². The SMILES string of the molecule is CC(C)CN(Cc1ccc(CNC(C)(C)C)o1)C(C)C. The Hall–Kier alpha value is -0.800. The highest BCUT2D eigenvalue weighted by Gasteiger charge is 2.15. The molecule has 0 aliphatic rings. The fraction of sp³-hybridized carbons (Fsp3) is 0.765. The summed E-state index contributed by atoms with van der Waals surface area (Å²) in [7, 11) is 0. The zero-order valence-corrected chi connectivity index (χ0v) is 14.3. The lowest BCUT2D eigenvalue weighted by Gasteiger charge is -2.27. The maximum atomic E-state index is 5.94. The Balaban J connectivity index is 2.57. The monoisotopic (exact) mass is 280 g/mol. The van der Waals surface area contributed by atoms with Crippen LogP contribution in [0.5, 0.6) is 0 Å². The normalized spacial score (nSPS) is 12.9. The molecule has 0 saturated carbocycles. The van der Waals surface area contributed by atoms with Gasteiger partial charge in [0.1, 0.15) is 11.5 Å². The van der Waals surface area contributed by atoms with E-state index in [4.69, 9.17) is 4.42 Å². The van der Waals surface area contributed by atoms with Gasteiger partial charge in [-0.05, 0) is 52.7 Å². The molecule has 0 saturated heterocycles. The average molecular weight is 280 g/mol. The van der Waals surface area contributed by atoms with E-state index in [-0.39, 0.29) is 5.54 Å². The van der Waals surface area contributed by atoms with Crippen LogP contribution in [0.1, 0.15) is 60.0 Å². The second-order valence-electron chi connectivity index (χ2n) is 7.39. The lowest BCUT2D eigenvalue weighted by molar-refractivity contribution is 0.174. The van der Waals surface area contributed by atoms with Crippen LogP contribution in [0.4, 0.5) is 0 Å². The Morgan fingerprint density at radius 1 is 1.10 bits per heavy atom. The molecule has 1 aromatic rings. The molecule has 116 valence electrons. The molecule has 1 N–H and O–H groups in total. The van der Waals surface area contributed by atoms with Crippen molar-refractivity contribution in [1.29, 1.82) is 0 Å². The van der Waals surface area contributed by atoms with Crippen molar-refractivity contribution in [3.63, 3.8) is 0 Å². The molecule has 1 rings (SSSR count). The number of nitrogens with one attached hydrogen (secondary N) is 1. The van der Waals surface area contributed by atoms with Gasteiger partial charge >= 0.3 is 0 Å². The standard InChI is InChI=1S/C17H32N2O/c1-13(2)11-19(14(3)4)12-16-9-8-15(20-16)10-18-17(5,6)7/h8-9,13-14,18H,10-12H2,1-7H3. The third-order valence-electron chi connectivity index (χ3n) is 3.20. The molecule has 0 fully saturated rings. The van der Waals surface area contributed by atoms with Gasteiger partial charge in [-0.2, -0.15) is 0 Å². The largest absolute Gasteiger partial charge is 0.463 e. The fourth-order valence-electron chi connectivity index (χ4n) is 2.08. The highest BCUT2D eigenvalue weighted by Crippen LogP contribution is 2.15. The van der Waals surface area contributed by atoms with Gasteiger partial charge in [0.2, 0.25) is 0 Å². The van der Waals surface area contributed by atoms with Crippen LogP contribution in [-0.2, 0) is 13.1 Å². The fourth-order valence-corrected chi connectivity index (χ4v) is 2.08. The van der Waals surface area contributed by atoms with Crippen LogP contribution in [0.25, 0.3) is 0 Å². The van der Waals surface area contributed by atoms with Gasteiger partial charge in [0.15, 0.2) is 0 Å². The third kappa shape index (κ3) is 6.58. The summed E-state index contributed by atoms with van der Waals surface area (Å²) in [6, 6.07) is 4.73. The van der Waals surface area contributed by atoms with Gasteiger partial charge < -0.3 is 9.73 Å². The van der Waals surface area contributed by atoms with Gasteiger partial charge in [-0.25, -0.2) is 0 Å². The predicted molar refractivity (Wildman–Crippen MR) is 85.7 cm³/mol. The number of furan rings is 1. The first-order valence-corrected chi connectivity index (χ1v) is 7.74. The summed E-state index contributed by atoms with van der Waals surface area (Å²) < 4.78 is 5.94. The summed E-state index contributed by atoms with van der Waals surface area (Å²) >= 11 is 0. The van der Waals surface area contributed by atoms with Crippen LogP contribution in [0, 0.1) is 5.92 Å². The Labute approximate surface area is 124 Å². The summed E-state index contributed by atoms with van der Waals surface area (Å²) in [5.41, 5.74) is 0.120. The van der Waals surface area contributed by atoms with Gasteiger partial charge in [-0.15, -0.1) is 0 Å². The van der Waals surface area contributed by atoms with Crippen molar-refractivity contribution < 1.29 is 4.42 Å². The predicted octanol–water partition coefficient (Wildman–Crippen LogP) is 4.03. The van der Waals surface area contributed by atoms with Gasteiger partial charge in [-0.3, -0.25) is 4.90 Å². The van der Waals surface area contributed by atoms with E-state index in [2.05, 4.69) is 70.8 Å². The minimum atomic E-state index is 0.120. The van der Waals surface area contributed by atoms with Gasteiger partial charge in [0, 0.05) is 18.1 Å². The van der Waals surface area contributed by atoms with Crippen molar-refractivity contribution in [2.75, 3.05) is 6.54 Å². The molecule has 0 aromatic carbocycles. The van der Waals surface area contributed by atoms with E-state index in [1.807, 2.05) is 0 Å². The lowest BCUT2D eigenvalue weighted by Crippen LogP contribution is -2.35. The van der Waals surface area contributed by atoms with Crippen molar-refractivity contribution in [3.05, 3.63) is 23.7 Å². The van der Waals surface area contributed by atoms with Crippen LogP contribution in [0.2, 0.25) is 0 Å². The number of nitrogens with zero attached hydrogens (tertiary/aromatic N) is 1. The Morgan fingerprint density at radius 3 is 2.20 bits per heavy atom. The molecular formula is C17H32N2O. The van der Waals surface area contributed by atoms with Gasteiger partial charge in [-0.1, -0.05) is 13.8 Å². The first-order chi connectivity index (χ1) is 9.17. The Bertz CT molecular complexity index is 388. The maximum Gasteiger partial charge on any atom is 0.118 e. The maximum absolute atomic E-state index is 5.94. The number of hydrogen-bond donors (Lipinski definition) is 1. The molecule has 3 nitrogen and oxygen atoms in total. The van der Waals surface area contributed by atoms with Crippen LogP contribution in [-0.4, -0.2) is 23.0 Å². The molecule has 20 heavy (non-hydrogen) atoms. The Kier molecular flexibility index (Phi) is 6.28. The van der Waals surface area contributed by atoms with Crippen molar-refractivity contribution in [2.24, 2.45) is 5.92 Å². The van der Waals surface area contributed by atoms with Crippen LogP contribution >= 0.6 is 0 Å². The van der Waals surface area contributed by atoms with Gasteiger partial charge in [0.25, 0.3) is 0 Å². The highest BCUT2D eigenvalue weighted by molar-refractivity contribution is 5.07. The van der Waals surface area contributed by atoms with E-state index in [0.29, 0.717) is 12.0 Å². The van der Waals surface area contributed by atoms with E-state index in [9.17, 15) is 0 Å². The van der Waals surface area contributed by atoms with Crippen molar-refractivity contribution >= 4 is 0 Å². The molecule has 0 aliphatic heterocycles. The molecule has 1 aromatic heterocycles. The topological polar surface area (TPSA) is 28.4 Å². The van der Waals surface area contributed by atoms with Crippen LogP contribution in [0.3, 0.4) is 0 Å². The summed E-state index contributed by atoms with van der Waals surface area (Å²) in [6.45, 7) is 18.3. The van der Waals surface area contributed by atoms with E-state index in [0.717, 1.165) is 31.2 Å². The molecule has 0 radical (unpaired) electrons. The first kappa shape index (κ1) is 17.3. The number of rotatable bonds is 7. The molecule has 0 atom stereocenters. The van der Waals surface area contributed by atoms with E-state index >= 15 is 0 Å². The Morgan fingerprint density at radius 2 is 1.70 bits per heavy atom. The molecule has 0 amide bonds. The zero-order chi connectivity index (χ0) is 15.3. The smallest absolute Gasteiger partial charge is 0.118 e. The van der Waals surface area contributed by atoms with E-state index in [1.54, 1.807) is 0 Å². The van der Waals surface area contributed by atoms with Crippen LogP contribution < -0.4 is 5.32 Å². The summed E-state index contributed by atoms with van der Waals surface area (Å²) in [6.07, 6.45) is 0. The number of hydrogen-bond acceptors (Lipinski definition) is 3. The first-order valence-electron chi connectivity index (χ1n) is 7.74. The molecule has 3 heteroatoms. The summed E-state index contributed by atoms with van der Waals surface area (Å²) in [4.78, 5) is 2.46. The zero-order valence-electron chi connectivity index (χ0n) is 14.3. The quantitative estimate of drug-likeness (QED) is 0.817. The van der Waals surface area contributed by atoms with Crippen LogP contribution in [0.15, 0.2) is 16.5 Å². The minimum Gasteiger partial charge on any atom is -0.463 e. The summed E-state index contributed by atoms with van der Waals surface area (Å²) in [5.74, 6) is 2.75. The van der Waals surface area contributed by atoms with E-state index < -0.39 is 0 Å². The lowest BCUT2D eigenvalue weighted by atomic mass is 10.1. The second-order valence-corrected chi connectivity index (χ2v) is 7.39. The third-order valence-corrected chi connectivity index (χ3v) is 3.20. The second kappa shape index (κ2) is 7.28. The molecule has 0 unspecified atom stereocenters. The molecule has 1 heterocycles. The minimum absolute atomic E-state index is 0.120. The molecule has 0 spiro atoms.